The Labute approximate surface area is 110 Å². The molecule has 0 radical (unpaired) electrons. The average molecular weight is 273 g/mol. The number of benzene rings is 1. The van der Waals surface area contributed by atoms with Gasteiger partial charge in [0.1, 0.15) is 0 Å². The molecule has 0 amide bonds. The summed E-state index contributed by atoms with van der Waals surface area (Å²) in [6.07, 6.45) is -2.56. The predicted molar refractivity (Wildman–Crippen MR) is 70.2 cm³/mol. The summed E-state index contributed by atoms with van der Waals surface area (Å²) in [5, 5.41) is 5.90. The molecule has 1 heterocycles. The lowest BCUT2D eigenvalue weighted by Gasteiger charge is -2.27. The molecule has 6 heteroatoms. The second-order valence-electron chi connectivity index (χ2n) is 4.82. The monoisotopic (exact) mass is 273 g/mol. The maximum atomic E-state index is 13.1. The maximum Gasteiger partial charge on any atom is 0.418 e. The Morgan fingerprint density at radius 1 is 1.37 bits per heavy atom. The number of alkyl halides is 3. The quantitative estimate of drug-likeness (QED) is 0.726. The fraction of sp³-hybridized carbons (Fsp3) is 0.538. The number of nitrogens with two attached hydrogens (primary N) is 1. The lowest BCUT2D eigenvalue weighted by Crippen LogP contribution is -2.29. The summed E-state index contributed by atoms with van der Waals surface area (Å²) in [5.74, 6) is 0.0702. The van der Waals surface area contributed by atoms with Gasteiger partial charge in [-0.1, -0.05) is 0 Å². The second-order valence-corrected chi connectivity index (χ2v) is 4.82. The number of rotatable bonds is 2. The molecular weight excluding hydrogens is 255 g/mol. The van der Waals surface area contributed by atoms with Crippen molar-refractivity contribution in [2.75, 3.05) is 31.2 Å². The minimum absolute atomic E-state index is 0.0702. The standard InChI is InChI=1S/C13H18F3N3/c1-18-12-10(8-3-2-4-19-7-8)5-9(17)6-11(12)13(14,15)16/h5-6,8,18-19H,2-4,7,17H2,1H3. The predicted octanol–water partition coefficient (Wildman–Crippen LogP) is 2.80. The normalized spacial score (nSPS) is 20.3. The fourth-order valence-electron chi connectivity index (χ4n) is 2.63. The van der Waals surface area contributed by atoms with E-state index in [2.05, 4.69) is 10.6 Å². The molecule has 1 aliphatic heterocycles. The van der Waals surface area contributed by atoms with Crippen LogP contribution in [0.1, 0.15) is 29.9 Å². The zero-order valence-corrected chi connectivity index (χ0v) is 10.8. The number of nitrogens with one attached hydrogen (secondary N) is 2. The van der Waals surface area contributed by atoms with Crippen molar-refractivity contribution in [3.63, 3.8) is 0 Å². The van der Waals surface area contributed by atoms with E-state index in [0.29, 0.717) is 12.1 Å². The highest BCUT2D eigenvalue weighted by Crippen LogP contribution is 2.41. The van der Waals surface area contributed by atoms with Gasteiger partial charge in [-0.2, -0.15) is 13.2 Å². The molecule has 3 nitrogen and oxygen atoms in total. The molecule has 1 atom stereocenters. The molecule has 0 bridgehead atoms. The third kappa shape index (κ3) is 2.94. The largest absolute Gasteiger partial charge is 0.418 e. The fourth-order valence-corrected chi connectivity index (χ4v) is 2.63. The molecule has 0 aromatic heterocycles. The summed E-state index contributed by atoms with van der Waals surface area (Å²) in [5.41, 5.74) is 5.92. The van der Waals surface area contributed by atoms with E-state index in [1.54, 1.807) is 6.07 Å². The van der Waals surface area contributed by atoms with Crippen molar-refractivity contribution in [1.29, 1.82) is 0 Å². The molecule has 0 saturated carbocycles. The van der Waals surface area contributed by atoms with E-state index >= 15 is 0 Å². The number of piperidine rings is 1. The smallest absolute Gasteiger partial charge is 0.399 e. The van der Waals surface area contributed by atoms with Crippen LogP contribution in [0.25, 0.3) is 0 Å². The van der Waals surface area contributed by atoms with Gasteiger partial charge < -0.3 is 16.4 Å². The Bertz CT molecular complexity index is 451. The van der Waals surface area contributed by atoms with E-state index in [9.17, 15) is 13.2 Å². The third-order valence-electron chi connectivity index (χ3n) is 3.48. The van der Waals surface area contributed by atoms with Crippen molar-refractivity contribution >= 4 is 11.4 Å². The molecule has 1 aromatic rings. The lowest BCUT2D eigenvalue weighted by atomic mass is 9.88. The molecule has 1 aromatic carbocycles. The van der Waals surface area contributed by atoms with Gasteiger partial charge in [-0.25, -0.2) is 0 Å². The van der Waals surface area contributed by atoms with E-state index in [1.165, 1.54) is 7.05 Å². The van der Waals surface area contributed by atoms with Crippen LogP contribution >= 0.6 is 0 Å². The van der Waals surface area contributed by atoms with E-state index in [-0.39, 0.29) is 17.3 Å². The zero-order valence-electron chi connectivity index (χ0n) is 10.8. The van der Waals surface area contributed by atoms with Crippen molar-refractivity contribution in [3.05, 3.63) is 23.3 Å². The number of hydrogen-bond donors (Lipinski definition) is 3. The molecular formula is C13H18F3N3. The van der Waals surface area contributed by atoms with Crippen LogP contribution in [0.4, 0.5) is 24.5 Å². The molecule has 4 N–H and O–H groups in total. The molecule has 1 fully saturated rings. The highest BCUT2D eigenvalue weighted by Gasteiger charge is 2.35. The van der Waals surface area contributed by atoms with Crippen LogP contribution in [0.5, 0.6) is 0 Å². The Balaban J connectivity index is 2.50. The summed E-state index contributed by atoms with van der Waals surface area (Å²) in [4.78, 5) is 0. The highest BCUT2D eigenvalue weighted by molar-refractivity contribution is 5.65. The van der Waals surface area contributed by atoms with Crippen molar-refractivity contribution < 1.29 is 13.2 Å². The van der Waals surface area contributed by atoms with Crippen LogP contribution in [-0.2, 0) is 6.18 Å². The lowest BCUT2D eigenvalue weighted by molar-refractivity contribution is -0.136. The van der Waals surface area contributed by atoms with Gasteiger partial charge in [-0.3, -0.25) is 0 Å². The first-order valence-corrected chi connectivity index (χ1v) is 6.32. The number of hydrogen-bond acceptors (Lipinski definition) is 3. The van der Waals surface area contributed by atoms with Crippen molar-refractivity contribution in [3.8, 4) is 0 Å². The molecule has 1 unspecified atom stereocenters. The van der Waals surface area contributed by atoms with Gasteiger partial charge in [-0.05, 0) is 43.0 Å². The van der Waals surface area contributed by atoms with Crippen LogP contribution in [0.15, 0.2) is 12.1 Å². The SMILES string of the molecule is CNc1c(C2CCCNC2)cc(N)cc1C(F)(F)F. The molecule has 19 heavy (non-hydrogen) atoms. The highest BCUT2D eigenvalue weighted by atomic mass is 19.4. The molecule has 106 valence electrons. The molecule has 1 aliphatic rings. The summed E-state index contributed by atoms with van der Waals surface area (Å²) in [7, 11) is 1.51. The van der Waals surface area contributed by atoms with E-state index in [4.69, 9.17) is 5.73 Å². The first kappa shape index (κ1) is 14.0. The summed E-state index contributed by atoms with van der Waals surface area (Å²) < 4.78 is 39.2. The molecule has 1 saturated heterocycles. The van der Waals surface area contributed by atoms with Gasteiger partial charge in [0.2, 0.25) is 0 Å². The minimum Gasteiger partial charge on any atom is -0.399 e. The Hall–Kier alpha value is -1.43. The van der Waals surface area contributed by atoms with Crippen LogP contribution in [0.2, 0.25) is 0 Å². The van der Waals surface area contributed by atoms with Gasteiger partial charge in [0, 0.05) is 25.0 Å². The van der Waals surface area contributed by atoms with Gasteiger partial charge in [0.15, 0.2) is 0 Å². The van der Waals surface area contributed by atoms with Gasteiger partial charge in [0.05, 0.1) is 5.56 Å². The van der Waals surface area contributed by atoms with Crippen LogP contribution in [0, 0.1) is 0 Å². The van der Waals surface area contributed by atoms with Crippen molar-refractivity contribution in [1.82, 2.24) is 5.32 Å². The van der Waals surface area contributed by atoms with Crippen LogP contribution in [0.3, 0.4) is 0 Å². The first-order valence-electron chi connectivity index (χ1n) is 6.32. The Morgan fingerprint density at radius 2 is 2.11 bits per heavy atom. The maximum absolute atomic E-state index is 13.1. The molecule has 0 spiro atoms. The van der Waals surface area contributed by atoms with E-state index < -0.39 is 11.7 Å². The average Bonchev–Trinajstić information content (AvgIpc) is 2.37. The third-order valence-corrected chi connectivity index (χ3v) is 3.48. The number of anilines is 2. The summed E-state index contributed by atoms with van der Waals surface area (Å²) >= 11 is 0. The summed E-state index contributed by atoms with van der Waals surface area (Å²) in [6, 6.07) is 2.64. The van der Waals surface area contributed by atoms with Gasteiger partial charge in [0.25, 0.3) is 0 Å². The Kier molecular flexibility index (Phi) is 3.89. The van der Waals surface area contributed by atoms with Crippen molar-refractivity contribution in [2.24, 2.45) is 0 Å². The summed E-state index contributed by atoms with van der Waals surface area (Å²) in [6.45, 7) is 1.61. The molecule has 2 rings (SSSR count). The van der Waals surface area contributed by atoms with E-state index in [1.807, 2.05) is 0 Å². The van der Waals surface area contributed by atoms with E-state index in [0.717, 1.165) is 25.5 Å². The number of nitrogen functional groups attached to an aromatic ring is 1. The van der Waals surface area contributed by atoms with Crippen LogP contribution in [-0.4, -0.2) is 20.1 Å². The van der Waals surface area contributed by atoms with Crippen LogP contribution < -0.4 is 16.4 Å². The first-order chi connectivity index (χ1) is 8.93. The topological polar surface area (TPSA) is 50.1 Å². The second kappa shape index (κ2) is 5.28. The Morgan fingerprint density at radius 3 is 2.63 bits per heavy atom. The van der Waals surface area contributed by atoms with Crippen molar-refractivity contribution in [2.45, 2.75) is 24.9 Å². The zero-order chi connectivity index (χ0) is 14.0. The van der Waals surface area contributed by atoms with Gasteiger partial charge >= 0.3 is 6.18 Å². The van der Waals surface area contributed by atoms with Gasteiger partial charge in [-0.15, -0.1) is 0 Å². The molecule has 0 aliphatic carbocycles. The number of halogens is 3. The minimum atomic E-state index is -4.40.